The van der Waals surface area contributed by atoms with Gasteiger partial charge in [0.1, 0.15) is 0 Å². The first-order valence-electron chi connectivity index (χ1n) is 4.11. The van der Waals surface area contributed by atoms with E-state index in [9.17, 15) is 15.2 Å². The zero-order chi connectivity index (χ0) is 9.42. The van der Waals surface area contributed by atoms with Crippen molar-refractivity contribution >= 4 is 5.69 Å². The van der Waals surface area contributed by atoms with E-state index in [0.29, 0.717) is 18.4 Å². The molecule has 1 aromatic carbocycles. The average Bonchev–Trinajstić information content (AvgIpc) is 2.43. The molecular weight excluding hydrogens is 170 g/mol. The van der Waals surface area contributed by atoms with Crippen LogP contribution in [0.4, 0.5) is 5.69 Å². The largest absolute Gasteiger partial charge is 0.392 e. The molecule has 0 aromatic heterocycles. The number of nitro groups is 1. The lowest BCUT2D eigenvalue weighted by atomic mass is 10.1. The number of fused-ring (bicyclic) bond motifs is 1. The molecule has 0 saturated carbocycles. The van der Waals surface area contributed by atoms with E-state index in [1.54, 1.807) is 6.07 Å². The second kappa shape index (κ2) is 2.81. The maximum Gasteiger partial charge on any atom is 0.272 e. The van der Waals surface area contributed by atoms with Crippen LogP contribution in [-0.4, -0.2) is 16.1 Å². The Morgan fingerprint density at radius 2 is 2.23 bits per heavy atom. The Labute approximate surface area is 75.0 Å². The van der Waals surface area contributed by atoms with Crippen molar-refractivity contribution in [3.63, 3.8) is 0 Å². The van der Waals surface area contributed by atoms with Gasteiger partial charge in [0.15, 0.2) is 0 Å². The van der Waals surface area contributed by atoms with Crippen molar-refractivity contribution in [3.8, 4) is 0 Å². The molecule has 0 aliphatic heterocycles. The summed E-state index contributed by atoms with van der Waals surface area (Å²) in [7, 11) is 0. The van der Waals surface area contributed by atoms with E-state index >= 15 is 0 Å². The highest BCUT2D eigenvalue weighted by molar-refractivity contribution is 5.48. The molecule has 0 fully saturated rings. The summed E-state index contributed by atoms with van der Waals surface area (Å²) in [4.78, 5) is 10.2. The third-order valence-electron chi connectivity index (χ3n) is 2.34. The molecule has 0 radical (unpaired) electrons. The standard InChI is InChI=1S/C9H9NO3/c11-7-4-6-2-1-3-9(10(12)13)8(6)5-7/h1-3,7,11H,4-5H2/t7-/m1/s1. The van der Waals surface area contributed by atoms with E-state index < -0.39 is 11.0 Å². The predicted molar refractivity (Wildman–Crippen MR) is 46.5 cm³/mol. The normalized spacial score (nSPS) is 19.9. The first kappa shape index (κ1) is 8.19. The molecule has 1 atom stereocenters. The van der Waals surface area contributed by atoms with Crippen LogP contribution in [0, 0.1) is 10.1 Å². The van der Waals surface area contributed by atoms with Crippen LogP contribution in [0.5, 0.6) is 0 Å². The third-order valence-corrected chi connectivity index (χ3v) is 2.34. The molecule has 4 heteroatoms. The van der Waals surface area contributed by atoms with E-state index in [1.165, 1.54) is 6.07 Å². The number of nitrogens with zero attached hydrogens (tertiary/aromatic N) is 1. The topological polar surface area (TPSA) is 63.4 Å². The van der Waals surface area contributed by atoms with Gasteiger partial charge >= 0.3 is 0 Å². The van der Waals surface area contributed by atoms with Crippen molar-refractivity contribution in [2.75, 3.05) is 0 Å². The zero-order valence-corrected chi connectivity index (χ0v) is 6.93. The van der Waals surface area contributed by atoms with E-state index in [-0.39, 0.29) is 5.69 Å². The summed E-state index contributed by atoms with van der Waals surface area (Å²) in [5.41, 5.74) is 1.73. The predicted octanol–water partition coefficient (Wildman–Crippen LogP) is 1.05. The molecule has 1 N–H and O–H groups in total. The van der Waals surface area contributed by atoms with Gasteiger partial charge in [-0.05, 0) is 12.0 Å². The molecule has 0 saturated heterocycles. The molecule has 0 amide bonds. The van der Waals surface area contributed by atoms with Crippen LogP contribution in [-0.2, 0) is 12.8 Å². The second-order valence-electron chi connectivity index (χ2n) is 3.23. The quantitative estimate of drug-likeness (QED) is 0.517. The fourth-order valence-electron chi connectivity index (χ4n) is 1.78. The summed E-state index contributed by atoms with van der Waals surface area (Å²) in [6.45, 7) is 0. The van der Waals surface area contributed by atoms with Crippen LogP contribution in [0.3, 0.4) is 0 Å². The first-order chi connectivity index (χ1) is 6.18. The highest BCUT2D eigenvalue weighted by Crippen LogP contribution is 2.30. The Balaban J connectivity index is 2.51. The number of hydrogen-bond acceptors (Lipinski definition) is 3. The number of rotatable bonds is 1. The maximum atomic E-state index is 10.6. The highest BCUT2D eigenvalue weighted by Gasteiger charge is 2.26. The van der Waals surface area contributed by atoms with Gasteiger partial charge in [-0.2, -0.15) is 0 Å². The number of hydrogen-bond donors (Lipinski definition) is 1. The minimum absolute atomic E-state index is 0.133. The summed E-state index contributed by atoms with van der Waals surface area (Å²) < 4.78 is 0. The Kier molecular flexibility index (Phi) is 1.77. The van der Waals surface area contributed by atoms with Crippen LogP contribution in [0.15, 0.2) is 18.2 Å². The fourth-order valence-corrected chi connectivity index (χ4v) is 1.78. The van der Waals surface area contributed by atoms with Gasteiger partial charge in [-0.15, -0.1) is 0 Å². The van der Waals surface area contributed by atoms with Crippen LogP contribution in [0.2, 0.25) is 0 Å². The lowest BCUT2D eigenvalue weighted by Gasteiger charge is -1.98. The van der Waals surface area contributed by atoms with Crippen molar-refractivity contribution in [1.82, 2.24) is 0 Å². The van der Waals surface area contributed by atoms with Gasteiger partial charge in [0.2, 0.25) is 0 Å². The van der Waals surface area contributed by atoms with Crippen molar-refractivity contribution < 1.29 is 10.0 Å². The van der Waals surface area contributed by atoms with Crippen LogP contribution in [0.25, 0.3) is 0 Å². The van der Waals surface area contributed by atoms with Gasteiger partial charge in [-0.3, -0.25) is 10.1 Å². The van der Waals surface area contributed by atoms with Gasteiger partial charge in [-0.1, -0.05) is 12.1 Å². The molecule has 68 valence electrons. The summed E-state index contributed by atoms with van der Waals surface area (Å²) in [5, 5.41) is 19.9. The number of benzene rings is 1. The zero-order valence-electron chi connectivity index (χ0n) is 6.93. The Hall–Kier alpha value is -1.42. The van der Waals surface area contributed by atoms with Crippen LogP contribution in [0.1, 0.15) is 11.1 Å². The minimum Gasteiger partial charge on any atom is -0.392 e. The third kappa shape index (κ3) is 1.29. The fraction of sp³-hybridized carbons (Fsp3) is 0.333. The molecule has 1 aliphatic rings. The molecule has 0 heterocycles. The van der Waals surface area contributed by atoms with Gasteiger partial charge in [0.05, 0.1) is 11.0 Å². The first-order valence-corrected chi connectivity index (χ1v) is 4.11. The maximum absolute atomic E-state index is 10.6. The SMILES string of the molecule is O=[N+]([O-])c1cccc2c1C[C@H](O)C2. The van der Waals surface area contributed by atoms with Gasteiger partial charge in [-0.25, -0.2) is 0 Å². The van der Waals surface area contributed by atoms with Crippen LogP contribution < -0.4 is 0 Å². The smallest absolute Gasteiger partial charge is 0.272 e. The van der Waals surface area contributed by atoms with Crippen molar-refractivity contribution in [3.05, 3.63) is 39.4 Å². The summed E-state index contributed by atoms with van der Waals surface area (Å²) in [6, 6.07) is 4.98. The lowest BCUT2D eigenvalue weighted by molar-refractivity contribution is -0.385. The minimum atomic E-state index is -0.448. The summed E-state index contributed by atoms with van der Waals surface area (Å²) in [6.07, 6.45) is 0.500. The van der Waals surface area contributed by atoms with Crippen molar-refractivity contribution in [2.24, 2.45) is 0 Å². The molecule has 1 aromatic rings. The monoisotopic (exact) mass is 179 g/mol. The van der Waals surface area contributed by atoms with Crippen molar-refractivity contribution in [2.45, 2.75) is 18.9 Å². The molecule has 0 unspecified atom stereocenters. The number of aliphatic hydroxyl groups excluding tert-OH is 1. The summed E-state index contributed by atoms with van der Waals surface area (Å²) >= 11 is 0. The van der Waals surface area contributed by atoms with E-state index in [1.807, 2.05) is 6.07 Å². The molecular formula is C9H9NO3. The van der Waals surface area contributed by atoms with Crippen LogP contribution >= 0.6 is 0 Å². The number of aliphatic hydroxyl groups is 1. The molecule has 1 aliphatic carbocycles. The second-order valence-corrected chi connectivity index (χ2v) is 3.23. The average molecular weight is 179 g/mol. The van der Waals surface area contributed by atoms with Crippen molar-refractivity contribution in [1.29, 1.82) is 0 Å². The molecule has 13 heavy (non-hydrogen) atoms. The molecule has 2 rings (SSSR count). The van der Waals surface area contributed by atoms with E-state index in [4.69, 9.17) is 0 Å². The number of nitro benzene ring substituents is 1. The Morgan fingerprint density at radius 1 is 1.46 bits per heavy atom. The van der Waals surface area contributed by atoms with Gasteiger partial charge < -0.3 is 5.11 Å². The van der Waals surface area contributed by atoms with Gasteiger partial charge in [0, 0.05) is 18.1 Å². The Morgan fingerprint density at radius 3 is 2.92 bits per heavy atom. The lowest BCUT2D eigenvalue weighted by Crippen LogP contribution is -2.04. The van der Waals surface area contributed by atoms with E-state index in [0.717, 1.165) is 5.56 Å². The Bertz CT molecular complexity index is 362. The summed E-state index contributed by atoms with van der Waals surface area (Å²) in [5.74, 6) is 0. The molecule has 0 bridgehead atoms. The molecule has 4 nitrogen and oxygen atoms in total. The van der Waals surface area contributed by atoms with Gasteiger partial charge in [0.25, 0.3) is 5.69 Å². The molecule has 0 spiro atoms. The van der Waals surface area contributed by atoms with E-state index in [2.05, 4.69) is 0 Å². The highest BCUT2D eigenvalue weighted by atomic mass is 16.6.